The average Bonchev–Trinajstić information content (AvgIpc) is 2.45. The maximum atomic E-state index is 5.64. The molecule has 2 rings (SSSR count). The van der Waals surface area contributed by atoms with Gasteiger partial charge in [-0.25, -0.2) is 0 Å². The first-order chi connectivity index (χ1) is 9.29. The fraction of sp³-hybridized carbons (Fsp3) is 0.600. The molecule has 0 radical (unpaired) electrons. The summed E-state index contributed by atoms with van der Waals surface area (Å²) < 4.78 is 10.9. The van der Waals surface area contributed by atoms with Gasteiger partial charge in [-0.1, -0.05) is 12.1 Å². The van der Waals surface area contributed by atoms with E-state index in [0.29, 0.717) is 6.10 Å². The van der Waals surface area contributed by atoms with E-state index < -0.39 is 0 Å². The highest BCUT2D eigenvalue weighted by molar-refractivity contribution is 5.36. The van der Waals surface area contributed by atoms with Crippen molar-refractivity contribution in [3.05, 3.63) is 29.3 Å². The number of rotatable bonds is 6. The van der Waals surface area contributed by atoms with E-state index in [-0.39, 0.29) is 0 Å². The third-order valence-electron chi connectivity index (χ3n) is 3.43. The van der Waals surface area contributed by atoms with Crippen molar-refractivity contribution in [2.75, 3.05) is 39.9 Å². The Kier molecular flexibility index (Phi) is 5.63. The molecule has 4 heteroatoms. The molecule has 1 saturated heterocycles. The standard InChI is InChI=1S/C15H24N2O2/c1-12-9-13(3-4-15(12)18-2)5-6-16-10-14-11-17-7-8-19-14/h3-4,9,14,16-17H,5-8,10-11H2,1-2H3. The van der Waals surface area contributed by atoms with Crippen molar-refractivity contribution in [3.63, 3.8) is 0 Å². The summed E-state index contributed by atoms with van der Waals surface area (Å²) in [7, 11) is 1.71. The highest BCUT2D eigenvalue weighted by atomic mass is 16.5. The molecule has 1 aromatic rings. The molecule has 1 aliphatic heterocycles. The van der Waals surface area contributed by atoms with Crippen LogP contribution >= 0.6 is 0 Å². The molecule has 1 aromatic carbocycles. The van der Waals surface area contributed by atoms with Crippen molar-refractivity contribution in [1.82, 2.24) is 10.6 Å². The molecule has 4 nitrogen and oxygen atoms in total. The molecule has 0 saturated carbocycles. The van der Waals surface area contributed by atoms with Gasteiger partial charge in [0.25, 0.3) is 0 Å². The third-order valence-corrected chi connectivity index (χ3v) is 3.43. The quantitative estimate of drug-likeness (QED) is 0.756. The summed E-state index contributed by atoms with van der Waals surface area (Å²) in [5.41, 5.74) is 2.54. The summed E-state index contributed by atoms with van der Waals surface area (Å²) in [5.74, 6) is 0.957. The molecule has 0 aliphatic carbocycles. The van der Waals surface area contributed by atoms with Crippen molar-refractivity contribution in [1.29, 1.82) is 0 Å². The lowest BCUT2D eigenvalue weighted by atomic mass is 10.1. The number of nitrogens with one attached hydrogen (secondary N) is 2. The zero-order valence-corrected chi connectivity index (χ0v) is 11.9. The van der Waals surface area contributed by atoms with Gasteiger partial charge >= 0.3 is 0 Å². The minimum Gasteiger partial charge on any atom is -0.496 e. The molecule has 1 heterocycles. The second kappa shape index (κ2) is 7.48. The lowest BCUT2D eigenvalue weighted by Crippen LogP contribution is -2.44. The second-order valence-corrected chi connectivity index (χ2v) is 4.96. The van der Waals surface area contributed by atoms with E-state index >= 15 is 0 Å². The summed E-state index contributed by atoms with van der Waals surface area (Å²) >= 11 is 0. The number of hydrogen-bond donors (Lipinski definition) is 2. The first-order valence-electron chi connectivity index (χ1n) is 6.96. The van der Waals surface area contributed by atoms with Gasteiger partial charge in [0.2, 0.25) is 0 Å². The summed E-state index contributed by atoms with van der Waals surface area (Å²) in [6, 6.07) is 6.37. The summed E-state index contributed by atoms with van der Waals surface area (Å²) in [4.78, 5) is 0. The topological polar surface area (TPSA) is 42.5 Å². The molecular formula is C15H24N2O2. The number of benzene rings is 1. The summed E-state index contributed by atoms with van der Waals surface area (Å²) in [5, 5.41) is 6.79. The van der Waals surface area contributed by atoms with Gasteiger partial charge in [-0.15, -0.1) is 0 Å². The van der Waals surface area contributed by atoms with Gasteiger partial charge in [0.1, 0.15) is 5.75 Å². The van der Waals surface area contributed by atoms with Crippen LogP contribution in [-0.4, -0.2) is 46.0 Å². The molecule has 0 spiro atoms. The van der Waals surface area contributed by atoms with Gasteiger partial charge in [0.15, 0.2) is 0 Å². The molecule has 1 fully saturated rings. The fourth-order valence-corrected chi connectivity index (χ4v) is 2.34. The zero-order valence-electron chi connectivity index (χ0n) is 11.9. The average molecular weight is 264 g/mol. The van der Waals surface area contributed by atoms with Gasteiger partial charge in [0.05, 0.1) is 19.8 Å². The monoisotopic (exact) mass is 264 g/mol. The number of ether oxygens (including phenoxy) is 2. The van der Waals surface area contributed by atoms with Crippen LogP contribution in [0.25, 0.3) is 0 Å². The van der Waals surface area contributed by atoms with Crippen LogP contribution in [-0.2, 0) is 11.2 Å². The van der Waals surface area contributed by atoms with Crippen LogP contribution in [0.15, 0.2) is 18.2 Å². The van der Waals surface area contributed by atoms with E-state index in [1.165, 1.54) is 11.1 Å². The highest BCUT2D eigenvalue weighted by Gasteiger charge is 2.12. The first-order valence-corrected chi connectivity index (χ1v) is 6.96. The van der Waals surface area contributed by atoms with E-state index in [0.717, 1.165) is 45.0 Å². The second-order valence-electron chi connectivity index (χ2n) is 4.96. The van der Waals surface area contributed by atoms with Gasteiger partial charge in [-0.05, 0) is 37.1 Å². The Bertz CT molecular complexity index is 390. The summed E-state index contributed by atoms with van der Waals surface area (Å²) in [6.45, 7) is 6.73. The lowest BCUT2D eigenvalue weighted by Gasteiger charge is -2.23. The molecule has 0 aromatic heterocycles. The Morgan fingerprint density at radius 2 is 2.37 bits per heavy atom. The third kappa shape index (κ3) is 4.49. The minimum absolute atomic E-state index is 0.311. The van der Waals surface area contributed by atoms with Gasteiger partial charge in [-0.3, -0.25) is 0 Å². The van der Waals surface area contributed by atoms with Crippen LogP contribution in [0, 0.1) is 6.92 Å². The van der Waals surface area contributed by atoms with E-state index in [9.17, 15) is 0 Å². The predicted molar refractivity (Wildman–Crippen MR) is 76.9 cm³/mol. The minimum atomic E-state index is 0.311. The largest absolute Gasteiger partial charge is 0.496 e. The molecule has 2 N–H and O–H groups in total. The highest BCUT2D eigenvalue weighted by Crippen LogP contribution is 2.18. The number of morpholine rings is 1. The normalized spacial score (nSPS) is 19.4. The smallest absolute Gasteiger partial charge is 0.121 e. The van der Waals surface area contributed by atoms with Crippen LogP contribution in [0.2, 0.25) is 0 Å². The molecule has 0 bridgehead atoms. The predicted octanol–water partition coefficient (Wildman–Crippen LogP) is 1.12. The van der Waals surface area contributed by atoms with E-state index in [4.69, 9.17) is 9.47 Å². The first kappa shape index (κ1) is 14.3. The van der Waals surface area contributed by atoms with Gasteiger partial charge in [-0.2, -0.15) is 0 Å². The fourth-order valence-electron chi connectivity index (χ4n) is 2.34. The molecule has 19 heavy (non-hydrogen) atoms. The van der Waals surface area contributed by atoms with Gasteiger partial charge in [0, 0.05) is 19.6 Å². The van der Waals surface area contributed by atoms with Crippen molar-refractivity contribution in [2.45, 2.75) is 19.4 Å². The van der Waals surface area contributed by atoms with Crippen LogP contribution in [0.4, 0.5) is 0 Å². The number of methoxy groups -OCH3 is 1. The molecule has 106 valence electrons. The van der Waals surface area contributed by atoms with E-state index in [1.54, 1.807) is 7.11 Å². The molecule has 1 aliphatic rings. The molecule has 0 amide bonds. The maximum Gasteiger partial charge on any atom is 0.121 e. The van der Waals surface area contributed by atoms with Crippen molar-refractivity contribution < 1.29 is 9.47 Å². The van der Waals surface area contributed by atoms with Gasteiger partial charge < -0.3 is 20.1 Å². The van der Waals surface area contributed by atoms with Crippen molar-refractivity contribution in [2.24, 2.45) is 0 Å². The lowest BCUT2D eigenvalue weighted by molar-refractivity contribution is 0.0294. The molecule has 1 unspecified atom stereocenters. The molecular weight excluding hydrogens is 240 g/mol. The van der Waals surface area contributed by atoms with Crippen LogP contribution in [0.5, 0.6) is 5.75 Å². The van der Waals surface area contributed by atoms with E-state index in [2.05, 4.69) is 29.7 Å². The number of aryl methyl sites for hydroxylation is 1. The Hall–Kier alpha value is -1.10. The Morgan fingerprint density at radius 3 is 3.05 bits per heavy atom. The van der Waals surface area contributed by atoms with Crippen molar-refractivity contribution >= 4 is 0 Å². The Morgan fingerprint density at radius 1 is 1.47 bits per heavy atom. The van der Waals surface area contributed by atoms with Crippen LogP contribution in [0.3, 0.4) is 0 Å². The Labute approximate surface area is 115 Å². The summed E-state index contributed by atoms with van der Waals surface area (Å²) in [6.07, 6.45) is 1.34. The van der Waals surface area contributed by atoms with Crippen LogP contribution in [0.1, 0.15) is 11.1 Å². The SMILES string of the molecule is COc1ccc(CCNCC2CNCCO2)cc1C. The van der Waals surface area contributed by atoms with Crippen LogP contribution < -0.4 is 15.4 Å². The maximum absolute atomic E-state index is 5.64. The van der Waals surface area contributed by atoms with Crippen molar-refractivity contribution in [3.8, 4) is 5.75 Å². The molecule has 1 atom stereocenters. The number of hydrogen-bond acceptors (Lipinski definition) is 4. The van der Waals surface area contributed by atoms with E-state index in [1.807, 2.05) is 6.07 Å². The Balaban J connectivity index is 1.69. The zero-order chi connectivity index (χ0) is 13.5.